The first-order valence-electron chi connectivity index (χ1n) is 4.64. The van der Waals surface area contributed by atoms with Gasteiger partial charge in [-0.15, -0.1) is 0 Å². The summed E-state index contributed by atoms with van der Waals surface area (Å²) >= 11 is 5.62. The van der Waals surface area contributed by atoms with Gasteiger partial charge in [-0.3, -0.25) is 0 Å². The fraction of sp³-hybridized carbons (Fsp3) is 0.400. The van der Waals surface area contributed by atoms with Crippen LogP contribution in [0.1, 0.15) is 12.8 Å². The summed E-state index contributed by atoms with van der Waals surface area (Å²) in [6.07, 6.45) is -5.16. The van der Waals surface area contributed by atoms with Crippen molar-refractivity contribution in [3.63, 3.8) is 0 Å². The minimum atomic E-state index is -4.17. The van der Waals surface area contributed by atoms with Gasteiger partial charge in [-0.05, 0) is 24.6 Å². The third-order valence-electron chi connectivity index (χ3n) is 1.88. The second-order valence-corrected chi connectivity index (χ2v) is 3.71. The lowest BCUT2D eigenvalue weighted by molar-refractivity contribution is -0.134. The number of nitrogens with one attached hydrogen (secondary N) is 1. The summed E-state index contributed by atoms with van der Waals surface area (Å²) in [5.74, 6) is -0.531. The van der Waals surface area contributed by atoms with E-state index in [2.05, 4.69) is 5.32 Å². The molecule has 0 aliphatic carbocycles. The third-order valence-corrected chi connectivity index (χ3v) is 2.12. The molecule has 1 aromatic carbocycles. The minimum Gasteiger partial charge on any atom is -0.383 e. The van der Waals surface area contributed by atoms with Crippen LogP contribution in [0.25, 0.3) is 0 Å². The molecule has 1 rings (SSSR count). The fourth-order valence-corrected chi connectivity index (χ4v) is 1.32. The van der Waals surface area contributed by atoms with Gasteiger partial charge in [0.1, 0.15) is 5.82 Å². The summed E-state index contributed by atoms with van der Waals surface area (Å²) in [5, 5.41) is 2.90. The average Bonchev–Trinajstić information content (AvgIpc) is 2.16. The molecule has 0 heterocycles. The van der Waals surface area contributed by atoms with E-state index in [1.165, 1.54) is 12.1 Å². The lowest BCUT2D eigenvalue weighted by Crippen LogP contribution is -2.11. The Bertz CT molecular complexity index is 351. The van der Waals surface area contributed by atoms with Gasteiger partial charge in [0.15, 0.2) is 0 Å². The Hall–Kier alpha value is -0.970. The number of anilines is 1. The molecule has 90 valence electrons. The van der Waals surface area contributed by atoms with Crippen LogP contribution in [0.3, 0.4) is 0 Å². The van der Waals surface area contributed by atoms with Crippen LogP contribution in [0.4, 0.5) is 23.2 Å². The highest BCUT2D eigenvalue weighted by Crippen LogP contribution is 2.22. The summed E-state index contributed by atoms with van der Waals surface area (Å²) < 4.78 is 48.5. The van der Waals surface area contributed by atoms with Gasteiger partial charge < -0.3 is 5.32 Å². The number of rotatable bonds is 4. The SMILES string of the molecule is Fc1ccc(Cl)cc1NCCCC(F)(F)F. The molecule has 0 bridgehead atoms. The van der Waals surface area contributed by atoms with E-state index in [1.807, 2.05) is 0 Å². The number of hydrogen-bond donors (Lipinski definition) is 1. The zero-order chi connectivity index (χ0) is 12.2. The lowest BCUT2D eigenvalue weighted by atomic mass is 10.2. The molecule has 0 spiro atoms. The molecule has 1 aromatic rings. The Morgan fingerprint density at radius 3 is 2.56 bits per heavy atom. The van der Waals surface area contributed by atoms with Crippen LogP contribution in [0.2, 0.25) is 5.02 Å². The van der Waals surface area contributed by atoms with E-state index in [4.69, 9.17) is 11.6 Å². The highest BCUT2D eigenvalue weighted by atomic mass is 35.5. The molecule has 0 aliphatic rings. The lowest BCUT2D eigenvalue weighted by Gasteiger charge is -2.09. The first kappa shape index (κ1) is 13.1. The second-order valence-electron chi connectivity index (χ2n) is 3.27. The van der Waals surface area contributed by atoms with Crippen molar-refractivity contribution < 1.29 is 17.6 Å². The zero-order valence-electron chi connectivity index (χ0n) is 8.24. The van der Waals surface area contributed by atoms with Crippen LogP contribution in [0.5, 0.6) is 0 Å². The Balaban J connectivity index is 2.40. The number of halogens is 5. The Morgan fingerprint density at radius 2 is 1.94 bits per heavy atom. The smallest absolute Gasteiger partial charge is 0.383 e. The topological polar surface area (TPSA) is 12.0 Å². The maximum Gasteiger partial charge on any atom is 0.389 e. The maximum absolute atomic E-state index is 13.1. The third kappa shape index (κ3) is 4.70. The predicted octanol–water partition coefficient (Wildman–Crippen LogP) is 4.23. The number of hydrogen-bond acceptors (Lipinski definition) is 1. The van der Waals surface area contributed by atoms with Crippen molar-refractivity contribution in [1.82, 2.24) is 0 Å². The van der Waals surface area contributed by atoms with Crippen molar-refractivity contribution in [1.29, 1.82) is 0 Å². The summed E-state index contributed by atoms with van der Waals surface area (Å²) in [6.45, 7) is 0.0524. The van der Waals surface area contributed by atoms with Crippen molar-refractivity contribution in [2.75, 3.05) is 11.9 Å². The average molecular weight is 256 g/mol. The molecule has 0 radical (unpaired) electrons. The quantitative estimate of drug-likeness (QED) is 0.627. The predicted molar refractivity (Wildman–Crippen MR) is 55.2 cm³/mol. The molecule has 1 N–H and O–H groups in total. The first-order valence-corrected chi connectivity index (χ1v) is 5.02. The van der Waals surface area contributed by atoms with Gasteiger partial charge in [0.05, 0.1) is 5.69 Å². The fourth-order valence-electron chi connectivity index (χ4n) is 1.14. The highest BCUT2D eigenvalue weighted by Gasteiger charge is 2.25. The Kier molecular flexibility index (Phi) is 4.41. The van der Waals surface area contributed by atoms with E-state index in [-0.39, 0.29) is 18.7 Å². The molecule has 0 amide bonds. The normalized spacial score (nSPS) is 11.6. The van der Waals surface area contributed by atoms with Crippen LogP contribution in [0, 0.1) is 5.82 Å². The Morgan fingerprint density at radius 1 is 1.25 bits per heavy atom. The molecule has 0 aromatic heterocycles. The van der Waals surface area contributed by atoms with E-state index in [0.29, 0.717) is 5.02 Å². The van der Waals surface area contributed by atoms with Crippen molar-refractivity contribution in [3.8, 4) is 0 Å². The Labute approximate surface area is 95.4 Å². The van der Waals surface area contributed by atoms with E-state index in [9.17, 15) is 17.6 Å². The molecule has 0 fully saturated rings. The summed E-state index contributed by atoms with van der Waals surface area (Å²) in [6, 6.07) is 3.87. The summed E-state index contributed by atoms with van der Waals surface area (Å²) in [4.78, 5) is 0. The van der Waals surface area contributed by atoms with Gasteiger partial charge in [-0.1, -0.05) is 11.6 Å². The summed E-state index contributed by atoms with van der Waals surface area (Å²) in [7, 11) is 0. The van der Waals surface area contributed by atoms with Crippen LogP contribution < -0.4 is 5.32 Å². The van der Waals surface area contributed by atoms with Crippen LogP contribution in [0.15, 0.2) is 18.2 Å². The van der Waals surface area contributed by atoms with Gasteiger partial charge in [0, 0.05) is 18.0 Å². The van der Waals surface area contributed by atoms with Crippen molar-refractivity contribution in [2.24, 2.45) is 0 Å². The molecule has 0 unspecified atom stereocenters. The van der Waals surface area contributed by atoms with Gasteiger partial charge in [0.25, 0.3) is 0 Å². The molecule has 1 nitrogen and oxygen atoms in total. The van der Waals surface area contributed by atoms with E-state index < -0.39 is 18.4 Å². The van der Waals surface area contributed by atoms with E-state index in [1.54, 1.807) is 0 Å². The molecule has 0 aliphatic heterocycles. The standard InChI is InChI=1S/C10H10ClF4N/c11-7-2-3-8(12)9(6-7)16-5-1-4-10(13,14)15/h2-3,6,16H,1,4-5H2. The van der Waals surface area contributed by atoms with E-state index >= 15 is 0 Å². The van der Waals surface area contributed by atoms with Gasteiger partial charge in [0.2, 0.25) is 0 Å². The van der Waals surface area contributed by atoms with Gasteiger partial charge in [-0.2, -0.15) is 13.2 Å². The van der Waals surface area contributed by atoms with E-state index in [0.717, 1.165) is 6.07 Å². The van der Waals surface area contributed by atoms with Crippen LogP contribution in [-0.4, -0.2) is 12.7 Å². The van der Waals surface area contributed by atoms with Crippen molar-refractivity contribution >= 4 is 17.3 Å². The second kappa shape index (κ2) is 5.39. The largest absolute Gasteiger partial charge is 0.389 e. The molecule has 0 atom stereocenters. The molecule has 0 saturated carbocycles. The molecule has 16 heavy (non-hydrogen) atoms. The monoisotopic (exact) mass is 255 g/mol. The van der Waals surface area contributed by atoms with Crippen molar-refractivity contribution in [3.05, 3.63) is 29.0 Å². The molecule has 6 heteroatoms. The van der Waals surface area contributed by atoms with Crippen LogP contribution in [-0.2, 0) is 0 Å². The number of benzene rings is 1. The molecule has 0 saturated heterocycles. The van der Waals surface area contributed by atoms with Gasteiger partial charge >= 0.3 is 6.18 Å². The summed E-state index contributed by atoms with van der Waals surface area (Å²) in [5.41, 5.74) is 0.120. The maximum atomic E-state index is 13.1. The minimum absolute atomic E-state index is 0.0524. The number of alkyl halides is 3. The zero-order valence-corrected chi connectivity index (χ0v) is 9.00. The molecular formula is C10H10ClF4N. The van der Waals surface area contributed by atoms with Crippen LogP contribution >= 0.6 is 11.6 Å². The highest BCUT2D eigenvalue weighted by molar-refractivity contribution is 6.30. The van der Waals surface area contributed by atoms with Gasteiger partial charge in [-0.25, -0.2) is 4.39 Å². The van der Waals surface area contributed by atoms with Crippen molar-refractivity contribution in [2.45, 2.75) is 19.0 Å². The first-order chi connectivity index (χ1) is 7.38. The molecular weight excluding hydrogens is 246 g/mol.